The fourth-order valence-corrected chi connectivity index (χ4v) is 1.37. The van der Waals surface area contributed by atoms with Gasteiger partial charge in [-0.2, -0.15) is 0 Å². The van der Waals surface area contributed by atoms with E-state index in [2.05, 4.69) is 5.16 Å². The Bertz CT molecular complexity index is 404. The molecule has 0 saturated carbocycles. The van der Waals surface area contributed by atoms with Crippen molar-refractivity contribution in [2.24, 2.45) is 5.16 Å². The van der Waals surface area contributed by atoms with Crippen LogP contribution in [-0.4, -0.2) is 17.5 Å². The molecule has 1 aliphatic rings. The van der Waals surface area contributed by atoms with E-state index in [1.165, 1.54) is 0 Å². The van der Waals surface area contributed by atoms with E-state index in [1.807, 2.05) is 0 Å². The molecular formula is C9H7F2NO2. The molecule has 0 atom stereocenters. The number of fused-ring (bicyclic) bond motifs is 1. The molecule has 1 aromatic rings. The molecule has 5 heteroatoms. The largest absolute Gasteiger partial charge is 0.492 e. The van der Waals surface area contributed by atoms with Crippen LogP contribution >= 0.6 is 0 Å². The summed E-state index contributed by atoms with van der Waals surface area (Å²) < 4.78 is 30.7. The Kier molecular flexibility index (Phi) is 2.07. The zero-order valence-corrected chi connectivity index (χ0v) is 7.13. The third kappa shape index (κ3) is 1.30. The predicted molar refractivity (Wildman–Crippen MR) is 44.8 cm³/mol. The Morgan fingerprint density at radius 2 is 2.00 bits per heavy atom. The Morgan fingerprint density at radius 3 is 2.71 bits per heavy atom. The third-order valence-corrected chi connectivity index (χ3v) is 2.05. The van der Waals surface area contributed by atoms with Gasteiger partial charge in [-0.1, -0.05) is 5.16 Å². The third-order valence-electron chi connectivity index (χ3n) is 2.05. The maximum Gasteiger partial charge on any atom is 0.162 e. The number of hydrogen-bond acceptors (Lipinski definition) is 3. The smallest absolute Gasteiger partial charge is 0.162 e. The van der Waals surface area contributed by atoms with Crippen molar-refractivity contribution in [3.05, 3.63) is 29.3 Å². The molecule has 1 aromatic carbocycles. The summed E-state index contributed by atoms with van der Waals surface area (Å²) in [5, 5.41) is 11.6. The summed E-state index contributed by atoms with van der Waals surface area (Å²) in [7, 11) is 0. The van der Waals surface area contributed by atoms with Gasteiger partial charge in [-0.05, 0) is 6.07 Å². The number of benzene rings is 1. The first-order chi connectivity index (χ1) is 6.72. The second-order valence-corrected chi connectivity index (χ2v) is 2.91. The van der Waals surface area contributed by atoms with Gasteiger partial charge in [-0.15, -0.1) is 0 Å². The van der Waals surface area contributed by atoms with Crippen molar-refractivity contribution in [1.29, 1.82) is 0 Å². The summed E-state index contributed by atoms with van der Waals surface area (Å²) in [6.07, 6.45) is 0.384. The normalized spacial score (nSPS) is 17.7. The minimum atomic E-state index is -0.976. The molecule has 0 aromatic heterocycles. The van der Waals surface area contributed by atoms with E-state index in [-0.39, 0.29) is 5.75 Å². The molecule has 3 nitrogen and oxygen atoms in total. The molecular weight excluding hydrogens is 192 g/mol. The van der Waals surface area contributed by atoms with Gasteiger partial charge < -0.3 is 9.94 Å². The van der Waals surface area contributed by atoms with Gasteiger partial charge in [0, 0.05) is 18.1 Å². The standard InChI is InChI=1S/C9H7F2NO2/c10-6-3-5-8(12-13)1-2-14-9(5)4-7(6)11/h3-4,13H,1-2H2. The minimum absolute atomic E-state index is 0.211. The average Bonchev–Trinajstić information content (AvgIpc) is 2.19. The van der Waals surface area contributed by atoms with Crippen LogP contribution in [0.2, 0.25) is 0 Å². The first-order valence-electron chi connectivity index (χ1n) is 4.05. The topological polar surface area (TPSA) is 41.8 Å². The molecule has 14 heavy (non-hydrogen) atoms. The average molecular weight is 199 g/mol. The molecule has 1 heterocycles. The molecule has 1 N–H and O–H groups in total. The van der Waals surface area contributed by atoms with Crippen LogP contribution in [0, 0.1) is 11.6 Å². The van der Waals surface area contributed by atoms with Crippen molar-refractivity contribution >= 4 is 5.71 Å². The van der Waals surface area contributed by atoms with Gasteiger partial charge in [0.05, 0.1) is 12.3 Å². The second-order valence-electron chi connectivity index (χ2n) is 2.91. The molecule has 0 bridgehead atoms. The summed E-state index contributed by atoms with van der Waals surface area (Å²) >= 11 is 0. The monoisotopic (exact) mass is 199 g/mol. The lowest BCUT2D eigenvalue weighted by Crippen LogP contribution is -2.17. The van der Waals surface area contributed by atoms with Gasteiger partial charge in [0.1, 0.15) is 5.75 Å². The van der Waals surface area contributed by atoms with E-state index in [4.69, 9.17) is 9.94 Å². The van der Waals surface area contributed by atoms with Crippen LogP contribution in [0.15, 0.2) is 17.3 Å². The minimum Gasteiger partial charge on any atom is -0.492 e. The quantitative estimate of drug-likeness (QED) is 0.512. The highest BCUT2D eigenvalue weighted by molar-refractivity contribution is 6.03. The van der Waals surface area contributed by atoms with E-state index >= 15 is 0 Å². The Balaban J connectivity index is 2.58. The van der Waals surface area contributed by atoms with Crippen molar-refractivity contribution in [3.63, 3.8) is 0 Å². The van der Waals surface area contributed by atoms with E-state index in [0.717, 1.165) is 12.1 Å². The molecule has 0 aliphatic carbocycles. The van der Waals surface area contributed by atoms with E-state index < -0.39 is 11.6 Å². The Labute approximate surface area is 78.6 Å². The van der Waals surface area contributed by atoms with Crippen LogP contribution in [0.4, 0.5) is 8.78 Å². The fourth-order valence-electron chi connectivity index (χ4n) is 1.37. The van der Waals surface area contributed by atoms with Gasteiger partial charge in [0.15, 0.2) is 11.6 Å². The van der Waals surface area contributed by atoms with Crippen molar-refractivity contribution in [3.8, 4) is 5.75 Å². The number of halogens is 2. The van der Waals surface area contributed by atoms with Crippen molar-refractivity contribution in [1.82, 2.24) is 0 Å². The summed E-state index contributed by atoms with van der Waals surface area (Å²) in [6, 6.07) is 1.92. The van der Waals surface area contributed by atoms with Crippen molar-refractivity contribution in [2.45, 2.75) is 6.42 Å². The molecule has 0 fully saturated rings. The SMILES string of the molecule is ON=C1CCOc2cc(F)c(F)cc21. The number of oxime groups is 1. The van der Waals surface area contributed by atoms with E-state index in [1.54, 1.807) is 0 Å². The molecule has 0 radical (unpaired) electrons. The molecule has 0 unspecified atom stereocenters. The molecule has 0 saturated heterocycles. The second kappa shape index (κ2) is 3.25. The van der Waals surface area contributed by atoms with Crippen LogP contribution in [-0.2, 0) is 0 Å². The Morgan fingerprint density at radius 1 is 1.29 bits per heavy atom. The molecule has 2 rings (SSSR count). The lowest BCUT2D eigenvalue weighted by atomic mass is 10.0. The zero-order chi connectivity index (χ0) is 10.1. The molecule has 0 spiro atoms. The van der Waals surface area contributed by atoms with Crippen LogP contribution < -0.4 is 4.74 Å². The first-order valence-corrected chi connectivity index (χ1v) is 4.05. The van der Waals surface area contributed by atoms with Gasteiger partial charge in [0.25, 0.3) is 0 Å². The van der Waals surface area contributed by atoms with Gasteiger partial charge in [0.2, 0.25) is 0 Å². The fraction of sp³-hybridized carbons (Fsp3) is 0.222. The summed E-state index contributed by atoms with van der Waals surface area (Å²) in [5.41, 5.74) is 0.614. The molecule has 74 valence electrons. The van der Waals surface area contributed by atoms with Crippen LogP contribution in [0.3, 0.4) is 0 Å². The van der Waals surface area contributed by atoms with Gasteiger partial charge >= 0.3 is 0 Å². The first kappa shape index (κ1) is 8.93. The lowest BCUT2D eigenvalue weighted by molar-refractivity contribution is 0.296. The van der Waals surface area contributed by atoms with E-state index in [0.29, 0.717) is 24.3 Å². The van der Waals surface area contributed by atoms with Crippen molar-refractivity contribution < 1.29 is 18.7 Å². The van der Waals surface area contributed by atoms with Gasteiger partial charge in [-0.25, -0.2) is 8.78 Å². The highest BCUT2D eigenvalue weighted by Crippen LogP contribution is 2.27. The maximum atomic E-state index is 12.8. The highest BCUT2D eigenvalue weighted by Gasteiger charge is 2.20. The number of ether oxygens (including phenoxy) is 1. The number of nitrogens with zero attached hydrogens (tertiary/aromatic N) is 1. The van der Waals surface area contributed by atoms with Crippen molar-refractivity contribution in [2.75, 3.05) is 6.61 Å². The summed E-state index contributed by atoms with van der Waals surface area (Å²) in [5.74, 6) is -1.73. The molecule has 1 aliphatic heterocycles. The predicted octanol–water partition coefficient (Wildman–Crippen LogP) is 1.93. The molecule has 0 amide bonds. The Hall–Kier alpha value is -1.65. The van der Waals surface area contributed by atoms with E-state index in [9.17, 15) is 8.78 Å². The number of rotatable bonds is 0. The van der Waals surface area contributed by atoms with Crippen LogP contribution in [0.5, 0.6) is 5.75 Å². The van der Waals surface area contributed by atoms with Crippen LogP contribution in [0.1, 0.15) is 12.0 Å². The summed E-state index contributed by atoms with van der Waals surface area (Å²) in [4.78, 5) is 0. The van der Waals surface area contributed by atoms with Gasteiger partial charge in [-0.3, -0.25) is 0 Å². The zero-order valence-electron chi connectivity index (χ0n) is 7.13. The summed E-state index contributed by atoms with van der Waals surface area (Å²) in [6.45, 7) is 0.303. The van der Waals surface area contributed by atoms with Crippen LogP contribution in [0.25, 0.3) is 0 Å². The maximum absolute atomic E-state index is 12.8. The lowest BCUT2D eigenvalue weighted by Gasteiger charge is -2.17. The number of hydrogen-bond donors (Lipinski definition) is 1. The highest BCUT2D eigenvalue weighted by atomic mass is 19.2.